The second kappa shape index (κ2) is 7.11. The first-order valence-corrected chi connectivity index (χ1v) is 4.17. The van der Waals surface area contributed by atoms with E-state index in [1.165, 1.54) is 0 Å². The summed E-state index contributed by atoms with van der Waals surface area (Å²) in [5.41, 5.74) is 2.73. The number of methoxy groups -OCH3 is 1. The van der Waals surface area contributed by atoms with Crippen molar-refractivity contribution in [3.05, 3.63) is 0 Å². The summed E-state index contributed by atoms with van der Waals surface area (Å²) in [5, 5.41) is 0. The second-order valence-electron chi connectivity index (χ2n) is 2.89. The zero-order valence-electron chi connectivity index (χ0n) is 7.84. The van der Waals surface area contributed by atoms with Gasteiger partial charge in [-0.3, -0.25) is 11.3 Å². The van der Waals surface area contributed by atoms with Gasteiger partial charge in [-0.25, -0.2) is 0 Å². The summed E-state index contributed by atoms with van der Waals surface area (Å²) in [6.07, 6.45) is 7.93. The van der Waals surface area contributed by atoms with Gasteiger partial charge in [-0.05, 0) is 19.8 Å². The van der Waals surface area contributed by atoms with E-state index in [2.05, 4.69) is 11.3 Å². The molecular weight excluding hydrogens is 152 g/mol. The molecule has 70 valence electrons. The van der Waals surface area contributed by atoms with Gasteiger partial charge < -0.3 is 4.74 Å². The van der Waals surface area contributed by atoms with Crippen LogP contribution in [0.5, 0.6) is 0 Å². The standard InChI is InChI=1S/C9H18N2O/c1-4-5-6-9(11-10)7-8(2)12-3/h1,8-9,11H,5-7,10H2,2-3H3. The molecule has 0 fully saturated rings. The van der Waals surface area contributed by atoms with Crippen LogP contribution in [-0.4, -0.2) is 19.3 Å². The maximum Gasteiger partial charge on any atom is 0.0558 e. The van der Waals surface area contributed by atoms with E-state index >= 15 is 0 Å². The number of hydrazine groups is 1. The van der Waals surface area contributed by atoms with Crippen LogP contribution in [-0.2, 0) is 4.74 Å². The van der Waals surface area contributed by atoms with Crippen molar-refractivity contribution in [3.8, 4) is 12.3 Å². The summed E-state index contributed by atoms with van der Waals surface area (Å²) in [4.78, 5) is 0. The largest absolute Gasteiger partial charge is 0.382 e. The number of rotatable bonds is 6. The summed E-state index contributed by atoms with van der Waals surface area (Å²) < 4.78 is 5.12. The molecule has 0 aliphatic carbocycles. The molecule has 2 atom stereocenters. The molecule has 0 aromatic rings. The molecule has 0 aromatic heterocycles. The zero-order valence-corrected chi connectivity index (χ0v) is 7.84. The number of nitrogens with one attached hydrogen (secondary N) is 1. The van der Waals surface area contributed by atoms with E-state index in [-0.39, 0.29) is 12.1 Å². The third-order valence-corrected chi connectivity index (χ3v) is 1.89. The fraction of sp³-hybridized carbons (Fsp3) is 0.778. The third-order valence-electron chi connectivity index (χ3n) is 1.89. The van der Waals surface area contributed by atoms with Crippen LogP contribution in [0.15, 0.2) is 0 Å². The minimum Gasteiger partial charge on any atom is -0.382 e. The Balaban J connectivity index is 3.60. The average Bonchev–Trinajstić information content (AvgIpc) is 2.11. The molecule has 0 heterocycles. The van der Waals surface area contributed by atoms with E-state index in [4.69, 9.17) is 17.0 Å². The molecule has 12 heavy (non-hydrogen) atoms. The van der Waals surface area contributed by atoms with Crippen LogP contribution in [0.25, 0.3) is 0 Å². The quantitative estimate of drug-likeness (QED) is 0.350. The predicted octanol–water partition coefficient (Wildman–Crippen LogP) is 0.657. The second-order valence-corrected chi connectivity index (χ2v) is 2.89. The normalized spacial score (nSPS) is 15.2. The van der Waals surface area contributed by atoms with Crippen LogP contribution in [0.1, 0.15) is 26.2 Å². The van der Waals surface area contributed by atoms with Gasteiger partial charge in [0.15, 0.2) is 0 Å². The summed E-state index contributed by atoms with van der Waals surface area (Å²) in [7, 11) is 1.69. The van der Waals surface area contributed by atoms with Gasteiger partial charge in [0.05, 0.1) is 6.10 Å². The van der Waals surface area contributed by atoms with Crippen molar-refractivity contribution < 1.29 is 4.74 Å². The molecule has 3 heteroatoms. The minimum atomic E-state index is 0.226. The van der Waals surface area contributed by atoms with Crippen LogP contribution in [0.4, 0.5) is 0 Å². The van der Waals surface area contributed by atoms with Crippen LogP contribution in [0.2, 0.25) is 0 Å². The lowest BCUT2D eigenvalue weighted by molar-refractivity contribution is 0.0995. The predicted molar refractivity (Wildman–Crippen MR) is 50.3 cm³/mol. The number of ether oxygens (including phenoxy) is 1. The summed E-state index contributed by atoms with van der Waals surface area (Å²) in [5.74, 6) is 7.93. The van der Waals surface area contributed by atoms with Crippen LogP contribution in [0.3, 0.4) is 0 Å². The first-order chi connectivity index (χ1) is 5.74. The highest BCUT2D eigenvalue weighted by atomic mass is 16.5. The SMILES string of the molecule is C#CCCC(CC(C)OC)NN. The molecule has 0 spiro atoms. The molecule has 0 saturated heterocycles. The monoisotopic (exact) mass is 170 g/mol. The Hall–Kier alpha value is -0.560. The Morgan fingerprint density at radius 3 is 2.75 bits per heavy atom. The van der Waals surface area contributed by atoms with Gasteiger partial charge in [0.25, 0.3) is 0 Å². The smallest absolute Gasteiger partial charge is 0.0558 e. The number of terminal acetylenes is 1. The van der Waals surface area contributed by atoms with Crippen LogP contribution in [0, 0.1) is 12.3 Å². The number of hydrogen-bond acceptors (Lipinski definition) is 3. The molecule has 2 unspecified atom stereocenters. The highest BCUT2D eigenvalue weighted by molar-refractivity contribution is 4.85. The topological polar surface area (TPSA) is 47.3 Å². The van der Waals surface area contributed by atoms with Gasteiger partial charge >= 0.3 is 0 Å². The highest BCUT2D eigenvalue weighted by Crippen LogP contribution is 2.05. The van der Waals surface area contributed by atoms with Crippen molar-refractivity contribution in [2.24, 2.45) is 5.84 Å². The summed E-state index contributed by atoms with van der Waals surface area (Å²) >= 11 is 0. The fourth-order valence-corrected chi connectivity index (χ4v) is 1.02. The van der Waals surface area contributed by atoms with E-state index in [1.54, 1.807) is 7.11 Å². The summed E-state index contributed by atoms with van der Waals surface area (Å²) in [6.45, 7) is 2.01. The van der Waals surface area contributed by atoms with Crippen LogP contribution < -0.4 is 11.3 Å². The average molecular weight is 170 g/mol. The van der Waals surface area contributed by atoms with E-state index in [1.807, 2.05) is 6.92 Å². The van der Waals surface area contributed by atoms with Crippen molar-refractivity contribution >= 4 is 0 Å². The maximum absolute atomic E-state index is 5.34. The van der Waals surface area contributed by atoms with Crippen molar-refractivity contribution in [2.45, 2.75) is 38.3 Å². The molecule has 0 aromatic carbocycles. The van der Waals surface area contributed by atoms with Gasteiger partial charge in [-0.15, -0.1) is 12.3 Å². The van der Waals surface area contributed by atoms with Crippen molar-refractivity contribution in [1.29, 1.82) is 0 Å². The number of nitrogens with two attached hydrogens (primary N) is 1. The molecule has 3 nitrogen and oxygen atoms in total. The van der Waals surface area contributed by atoms with E-state index < -0.39 is 0 Å². The Morgan fingerprint density at radius 1 is 1.67 bits per heavy atom. The van der Waals surface area contributed by atoms with Gasteiger partial charge in [-0.1, -0.05) is 0 Å². The maximum atomic E-state index is 5.34. The first kappa shape index (κ1) is 11.4. The van der Waals surface area contributed by atoms with E-state index in [0.29, 0.717) is 0 Å². The number of hydrogen-bond donors (Lipinski definition) is 2. The molecule has 0 aliphatic rings. The van der Waals surface area contributed by atoms with E-state index in [9.17, 15) is 0 Å². The minimum absolute atomic E-state index is 0.226. The molecule has 0 radical (unpaired) electrons. The van der Waals surface area contributed by atoms with Gasteiger partial charge in [0.2, 0.25) is 0 Å². The van der Waals surface area contributed by atoms with E-state index in [0.717, 1.165) is 19.3 Å². The van der Waals surface area contributed by atoms with Crippen molar-refractivity contribution in [1.82, 2.24) is 5.43 Å². The van der Waals surface area contributed by atoms with Gasteiger partial charge in [-0.2, -0.15) is 0 Å². The van der Waals surface area contributed by atoms with Gasteiger partial charge in [0.1, 0.15) is 0 Å². The summed E-state index contributed by atoms with van der Waals surface area (Å²) in [6, 6.07) is 0.260. The fourth-order valence-electron chi connectivity index (χ4n) is 1.02. The molecule has 3 N–H and O–H groups in total. The van der Waals surface area contributed by atoms with Gasteiger partial charge in [0, 0.05) is 19.6 Å². The van der Waals surface area contributed by atoms with Crippen molar-refractivity contribution in [3.63, 3.8) is 0 Å². The Kier molecular flexibility index (Phi) is 6.78. The molecule has 0 rings (SSSR count). The molecular formula is C9H18N2O. The third kappa shape index (κ3) is 5.14. The van der Waals surface area contributed by atoms with Crippen LogP contribution >= 0.6 is 0 Å². The molecule has 0 aliphatic heterocycles. The lowest BCUT2D eigenvalue weighted by atomic mass is 10.1. The zero-order chi connectivity index (χ0) is 9.40. The van der Waals surface area contributed by atoms with Crippen molar-refractivity contribution in [2.75, 3.05) is 7.11 Å². The molecule has 0 saturated carbocycles. The highest BCUT2D eigenvalue weighted by Gasteiger charge is 2.09. The Labute approximate surface area is 74.6 Å². The first-order valence-electron chi connectivity index (χ1n) is 4.17. The molecule has 0 amide bonds. The Morgan fingerprint density at radius 2 is 2.33 bits per heavy atom. The lowest BCUT2D eigenvalue weighted by Crippen LogP contribution is -2.37. The molecule has 0 bridgehead atoms. The Bertz CT molecular complexity index is 142. The lowest BCUT2D eigenvalue weighted by Gasteiger charge is -2.18.